The Morgan fingerprint density at radius 1 is 1.41 bits per heavy atom. The number of anilines is 1. The summed E-state index contributed by atoms with van der Waals surface area (Å²) in [6, 6.07) is 1.85. The van der Waals surface area contributed by atoms with Crippen molar-refractivity contribution >= 4 is 21.2 Å². The number of sulfone groups is 1. The van der Waals surface area contributed by atoms with Gasteiger partial charge in [0, 0.05) is 25.2 Å². The van der Waals surface area contributed by atoms with Crippen LogP contribution in [-0.4, -0.2) is 41.6 Å². The minimum atomic E-state index is -2.89. The highest BCUT2D eigenvalue weighted by atomic mass is 32.2. The fraction of sp³-hybridized carbons (Fsp3) is 0.400. The summed E-state index contributed by atoms with van der Waals surface area (Å²) in [5, 5.41) is 7.20. The van der Waals surface area contributed by atoms with Crippen LogP contribution in [0.4, 0.5) is 5.82 Å². The summed E-state index contributed by atoms with van der Waals surface area (Å²) in [7, 11) is -2.89. The minimum Gasteiger partial charge on any atom is -0.368 e. The van der Waals surface area contributed by atoms with E-state index >= 15 is 0 Å². The molecule has 2 aromatic heterocycles. The molecule has 7 heteroatoms. The summed E-state index contributed by atoms with van der Waals surface area (Å²) in [6.07, 6.45) is 6.91. The van der Waals surface area contributed by atoms with E-state index in [0.717, 1.165) is 11.3 Å². The van der Waals surface area contributed by atoms with Crippen LogP contribution in [0.25, 0.3) is 5.52 Å². The molecule has 0 radical (unpaired) electrons. The van der Waals surface area contributed by atoms with E-state index in [-0.39, 0.29) is 5.75 Å². The maximum Gasteiger partial charge on any atom is 0.152 e. The Balaban J connectivity index is 1.97. The largest absolute Gasteiger partial charge is 0.368 e. The molecular weight excluding hydrogens is 240 g/mol. The molecule has 6 nitrogen and oxygen atoms in total. The summed E-state index contributed by atoms with van der Waals surface area (Å²) in [4.78, 5) is 4.19. The molecule has 1 N–H and O–H groups in total. The van der Waals surface area contributed by atoms with Crippen LogP contribution < -0.4 is 5.32 Å². The molecule has 0 amide bonds. The highest BCUT2D eigenvalue weighted by Crippen LogP contribution is 2.11. The van der Waals surface area contributed by atoms with Gasteiger partial charge in [-0.2, -0.15) is 5.10 Å². The third-order valence-electron chi connectivity index (χ3n) is 2.31. The molecule has 0 fully saturated rings. The Morgan fingerprint density at radius 3 is 3.00 bits per heavy atom. The van der Waals surface area contributed by atoms with Gasteiger partial charge in [-0.15, -0.1) is 0 Å². The molecule has 0 saturated heterocycles. The van der Waals surface area contributed by atoms with E-state index in [2.05, 4.69) is 15.4 Å². The third kappa shape index (κ3) is 3.16. The molecule has 0 unspecified atom stereocenters. The standard InChI is InChI=1S/C10H14N4O2S/c1-17(15,16)8-2-4-11-10-9-3-5-13-14(9)7-6-12-10/h3,5-7H,2,4,8H2,1H3,(H,11,12). The van der Waals surface area contributed by atoms with E-state index in [0.29, 0.717) is 13.0 Å². The first kappa shape index (κ1) is 11.8. The second-order valence-corrected chi connectivity index (χ2v) is 6.11. The van der Waals surface area contributed by atoms with E-state index in [1.807, 2.05) is 6.07 Å². The summed E-state index contributed by atoms with van der Waals surface area (Å²) < 4.78 is 23.6. The molecule has 0 aliphatic carbocycles. The molecule has 0 bridgehead atoms. The molecule has 0 aliphatic rings. The van der Waals surface area contributed by atoms with Crippen molar-refractivity contribution < 1.29 is 8.42 Å². The number of rotatable bonds is 5. The van der Waals surface area contributed by atoms with Gasteiger partial charge in [-0.25, -0.2) is 17.9 Å². The monoisotopic (exact) mass is 254 g/mol. The predicted molar refractivity (Wildman–Crippen MR) is 65.8 cm³/mol. The molecular formula is C10H14N4O2S. The van der Waals surface area contributed by atoms with Crippen molar-refractivity contribution in [3.05, 3.63) is 24.7 Å². The van der Waals surface area contributed by atoms with Crippen LogP contribution in [0.5, 0.6) is 0 Å². The lowest BCUT2D eigenvalue weighted by atomic mass is 10.4. The van der Waals surface area contributed by atoms with Gasteiger partial charge in [0.05, 0.1) is 11.9 Å². The number of hydrogen-bond donors (Lipinski definition) is 1. The molecule has 0 atom stereocenters. The van der Waals surface area contributed by atoms with Gasteiger partial charge in [0.2, 0.25) is 0 Å². The first-order valence-electron chi connectivity index (χ1n) is 5.26. The lowest BCUT2D eigenvalue weighted by Crippen LogP contribution is -2.11. The maximum atomic E-state index is 11.0. The Hall–Kier alpha value is -1.63. The smallest absolute Gasteiger partial charge is 0.152 e. The Kier molecular flexibility index (Phi) is 3.28. The molecule has 2 aromatic rings. The van der Waals surface area contributed by atoms with E-state index in [9.17, 15) is 8.42 Å². The Bertz CT molecular complexity index is 606. The van der Waals surface area contributed by atoms with Crippen LogP contribution in [-0.2, 0) is 9.84 Å². The van der Waals surface area contributed by atoms with Gasteiger partial charge < -0.3 is 5.32 Å². The van der Waals surface area contributed by atoms with Crippen molar-refractivity contribution in [1.82, 2.24) is 14.6 Å². The van der Waals surface area contributed by atoms with Gasteiger partial charge in [-0.1, -0.05) is 0 Å². The average molecular weight is 254 g/mol. The van der Waals surface area contributed by atoms with Crippen LogP contribution in [0.1, 0.15) is 6.42 Å². The number of fused-ring (bicyclic) bond motifs is 1. The van der Waals surface area contributed by atoms with Crippen molar-refractivity contribution in [3.8, 4) is 0 Å². The number of nitrogens with zero attached hydrogens (tertiary/aromatic N) is 3. The Morgan fingerprint density at radius 2 is 2.24 bits per heavy atom. The first-order chi connectivity index (χ1) is 8.06. The Labute approximate surface area is 99.6 Å². The van der Waals surface area contributed by atoms with Gasteiger partial charge in [0.1, 0.15) is 15.4 Å². The van der Waals surface area contributed by atoms with Crippen molar-refractivity contribution in [2.24, 2.45) is 0 Å². The van der Waals surface area contributed by atoms with Crippen LogP contribution >= 0.6 is 0 Å². The van der Waals surface area contributed by atoms with E-state index in [4.69, 9.17) is 0 Å². The fourth-order valence-electron chi connectivity index (χ4n) is 1.54. The summed E-state index contributed by atoms with van der Waals surface area (Å²) in [5.41, 5.74) is 0.881. The number of hydrogen-bond acceptors (Lipinski definition) is 5. The lowest BCUT2D eigenvalue weighted by molar-refractivity contribution is 0.600. The number of nitrogens with one attached hydrogen (secondary N) is 1. The van der Waals surface area contributed by atoms with Gasteiger partial charge in [0.25, 0.3) is 0 Å². The number of aromatic nitrogens is 3. The van der Waals surface area contributed by atoms with Gasteiger partial charge >= 0.3 is 0 Å². The van der Waals surface area contributed by atoms with Crippen LogP contribution in [0, 0.1) is 0 Å². The lowest BCUT2D eigenvalue weighted by Gasteiger charge is -2.06. The topological polar surface area (TPSA) is 76.4 Å². The molecule has 2 rings (SSSR count). The van der Waals surface area contributed by atoms with Crippen molar-refractivity contribution in [3.63, 3.8) is 0 Å². The van der Waals surface area contributed by atoms with Crippen molar-refractivity contribution in [1.29, 1.82) is 0 Å². The second kappa shape index (κ2) is 4.70. The van der Waals surface area contributed by atoms with Crippen molar-refractivity contribution in [2.75, 3.05) is 23.9 Å². The third-order valence-corrected chi connectivity index (χ3v) is 3.34. The maximum absolute atomic E-state index is 11.0. The molecule has 2 heterocycles. The van der Waals surface area contributed by atoms with E-state index in [1.54, 1.807) is 23.1 Å². The normalized spacial score (nSPS) is 11.8. The van der Waals surface area contributed by atoms with E-state index in [1.165, 1.54) is 6.26 Å². The summed E-state index contributed by atoms with van der Waals surface area (Å²) in [6.45, 7) is 0.574. The fourth-order valence-corrected chi connectivity index (χ4v) is 2.20. The SMILES string of the molecule is CS(=O)(=O)CCCNc1nccn2nccc12. The molecule has 0 aromatic carbocycles. The minimum absolute atomic E-state index is 0.183. The average Bonchev–Trinajstić information content (AvgIpc) is 2.71. The molecule has 0 spiro atoms. The van der Waals surface area contributed by atoms with Crippen LogP contribution in [0.2, 0.25) is 0 Å². The first-order valence-corrected chi connectivity index (χ1v) is 7.32. The molecule has 0 saturated carbocycles. The quantitative estimate of drug-likeness (QED) is 0.790. The zero-order valence-electron chi connectivity index (χ0n) is 9.50. The van der Waals surface area contributed by atoms with Crippen molar-refractivity contribution in [2.45, 2.75) is 6.42 Å². The summed E-state index contributed by atoms with van der Waals surface area (Å²) in [5.74, 6) is 0.904. The predicted octanol–water partition coefficient (Wildman–Crippen LogP) is 0.576. The molecule has 92 valence electrons. The second-order valence-electron chi connectivity index (χ2n) is 3.85. The highest BCUT2D eigenvalue weighted by molar-refractivity contribution is 7.90. The summed E-state index contributed by atoms with van der Waals surface area (Å²) >= 11 is 0. The van der Waals surface area contributed by atoms with E-state index < -0.39 is 9.84 Å². The zero-order valence-corrected chi connectivity index (χ0v) is 10.3. The molecule has 0 aliphatic heterocycles. The van der Waals surface area contributed by atoms with Gasteiger partial charge in [0.15, 0.2) is 5.82 Å². The zero-order chi connectivity index (χ0) is 12.3. The van der Waals surface area contributed by atoms with Gasteiger partial charge in [-0.05, 0) is 12.5 Å². The highest BCUT2D eigenvalue weighted by Gasteiger charge is 2.04. The van der Waals surface area contributed by atoms with Gasteiger partial charge in [-0.3, -0.25) is 0 Å². The van der Waals surface area contributed by atoms with Crippen LogP contribution in [0.3, 0.4) is 0 Å². The molecule has 17 heavy (non-hydrogen) atoms. The van der Waals surface area contributed by atoms with Crippen LogP contribution in [0.15, 0.2) is 24.7 Å².